The number of rotatable bonds is 3. The monoisotopic (exact) mass is 228 g/mol. The Morgan fingerprint density at radius 2 is 2.12 bits per heavy atom. The molecule has 0 radical (unpaired) electrons. The standard InChI is InChI=1S/C12H11F3O/c1-7-4-8(2-3-10(7)13)5-11(16)9-6-12(9,14)15/h2-4,9H,5-6H2,1H3. The molecule has 4 heteroatoms. The second-order valence-corrected chi connectivity index (χ2v) is 4.24. The molecule has 2 rings (SSSR count). The molecule has 1 aliphatic rings. The first-order chi connectivity index (χ1) is 7.40. The summed E-state index contributed by atoms with van der Waals surface area (Å²) in [5.74, 6) is -4.76. The summed E-state index contributed by atoms with van der Waals surface area (Å²) in [6, 6.07) is 4.23. The lowest BCUT2D eigenvalue weighted by Crippen LogP contribution is -2.10. The van der Waals surface area contributed by atoms with Gasteiger partial charge in [-0.2, -0.15) is 0 Å². The summed E-state index contributed by atoms with van der Waals surface area (Å²) in [5, 5.41) is 0. The molecule has 0 saturated heterocycles. The van der Waals surface area contributed by atoms with Gasteiger partial charge in [-0.25, -0.2) is 13.2 Å². The molecule has 16 heavy (non-hydrogen) atoms. The van der Waals surface area contributed by atoms with Crippen LogP contribution in [0.4, 0.5) is 13.2 Å². The smallest absolute Gasteiger partial charge is 0.258 e. The van der Waals surface area contributed by atoms with Crippen molar-refractivity contribution in [3.05, 3.63) is 35.1 Å². The Kier molecular flexibility index (Phi) is 2.52. The Hall–Kier alpha value is -1.32. The lowest BCUT2D eigenvalue weighted by Gasteiger charge is -2.02. The SMILES string of the molecule is Cc1cc(CC(=O)C2CC2(F)F)ccc1F. The van der Waals surface area contributed by atoms with Gasteiger partial charge in [0.1, 0.15) is 11.6 Å². The highest BCUT2D eigenvalue weighted by atomic mass is 19.3. The van der Waals surface area contributed by atoms with Gasteiger partial charge in [-0.1, -0.05) is 12.1 Å². The third-order valence-electron chi connectivity index (χ3n) is 2.82. The van der Waals surface area contributed by atoms with E-state index in [1.807, 2.05) is 0 Å². The van der Waals surface area contributed by atoms with Crippen molar-refractivity contribution in [3.63, 3.8) is 0 Å². The van der Waals surface area contributed by atoms with Gasteiger partial charge in [0.2, 0.25) is 0 Å². The van der Waals surface area contributed by atoms with Gasteiger partial charge in [-0.15, -0.1) is 0 Å². The number of Topliss-reactive ketones (excluding diaryl/α,β-unsaturated/α-hetero) is 1. The molecule has 0 aromatic heterocycles. The maximum Gasteiger partial charge on any atom is 0.258 e. The first-order valence-corrected chi connectivity index (χ1v) is 5.06. The van der Waals surface area contributed by atoms with Crippen molar-refractivity contribution in [1.29, 1.82) is 0 Å². The molecular formula is C12H11F3O. The number of halogens is 3. The molecule has 1 nitrogen and oxygen atoms in total. The van der Waals surface area contributed by atoms with Crippen molar-refractivity contribution in [1.82, 2.24) is 0 Å². The van der Waals surface area contributed by atoms with Crippen LogP contribution in [0.25, 0.3) is 0 Å². The molecular weight excluding hydrogens is 217 g/mol. The lowest BCUT2D eigenvalue weighted by molar-refractivity contribution is -0.121. The van der Waals surface area contributed by atoms with Crippen LogP contribution in [0, 0.1) is 18.7 Å². The zero-order chi connectivity index (χ0) is 11.9. The summed E-state index contributed by atoms with van der Waals surface area (Å²) in [6.07, 6.45) is -0.382. The van der Waals surface area contributed by atoms with Crippen LogP contribution in [0.5, 0.6) is 0 Å². The molecule has 1 aromatic rings. The predicted octanol–water partition coefficient (Wildman–Crippen LogP) is 2.90. The normalized spacial score (nSPS) is 21.9. The highest BCUT2D eigenvalue weighted by Gasteiger charge is 2.60. The van der Waals surface area contributed by atoms with Gasteiger partial charge < -0.3 is 0 Å². The fourth-order valence-corrected chi connectivity index (χ4v) is 1.70. The maximum atomic E-state index is 12.9. The van der Waals surface area contributed by atoms with Crippen LogP contribution in [0.15, 0.2) is 18.2 Å². The van der Waals surface area contributed by atoms with Crippen LogP contribution in [-0.4, -0.2) is 11.7 Å². The van der Waals surface area contributed by atoms with Crippen LogP contribution in [0.3, 0.4) is 0 Å². The quantitative estimate of drug-likeness (QED) is 0.777. The topological polar surface area (TPSA) is 17.1 Å². The van der Waals surface area contributed by atoms with E-state index in [0.29, 0.717) is 11.1 Å². The molecule has 0 heterocycles. The molecule has 0 bridgehead atoms. The van der Waals surface area contributed by atoms with E-state index < -0.39 is 17.6 Å². The van der Waals surface area contributed by atoms with Gasteiger partial charge in [-0.05, 0) is 24.1 Å². The van der Waals surface area contributed by atoms with Crippen molar-refractivity contribution in [3.8, 4) is 0 Å². The largest absolute Gasteiger partial charge is 0.299 e. The van der Waals surface area contributed by atoms with E-state index in [1.54, 1.807) is 6.92 Å². The molecule has 86 valence electrons. The molecule has 0 aliphatic heterocycles. The first-order valence-electron chi connectivity index (χ1n) is 5.06. The Morgan fingerprint density at radius 3 is 2.62 bits per heavy atom. The summed E-state index contributed by atoms with van der Waals surface area (Å²) >= 11 is 0. The summed E-state index contributed by atoms with van der Waals surface area (Å²) in [6.45, 7) is 1.58. The average Bonchev–Trinajstić information content (AvgIpc) is 2.82. The van der Waals surface area contributed by atoms with Crippen LogP contribution in [-0.2, 0) is 11.2 Å². The van der Waals surface area contributed by atoms with Gasteiger partial charge in [0.15, 0.2) is 0 Å². The van der Waals surface area contributed by atoms with E-state index in [9.17, 15) is 18.0 Å². The summed E-state index contributed by atoms with van der Waals surface area (Å²) in [7, 11) is 0. The van der Waals surface area contributed by atoms with Gasteiger partial charge in [0, 0.05) is 12.8 Å². The fourth-order valence-electron chi connectivity index (χ4n) is 1.70. The second kappa shape index (κ2) is 3.61. The van der Waals surface area contributed by atoms with Gasteiger partial charge in [0.25, 0.3) is 5.92 Å². The van der Waals surface area contributed by atoms with Crippen molar-refractivity contribution in [2.45, 2.75) is 25.7 Å². The number of aryl methyl sites for hydroxylation is 1. The molecule has 0 amide bonds. The zero-order valence-electron chi connectivity index (χ0n) is 8.77. The molecule has 1 unspecified atom stereocenters. The van der Waals surface area contributed by atoms with Gasteiger partial charge >= 0.3 is 0 Å². The molecule has 1 saturated carbocycles. The minimum atomic E-state index is -2.81. The van der Waals surface area contributed by atoms with E-state index in [0.717, 1.165) is 0 Å². The minimum absolute atomic E-state index is 0.0403. The Bertz CT molecular complexity index is 440. The Morgan fingerprint density at radius 1 is 1.50 bits per heavy atom. The minimum Gasteiger partial charge on any atom is -0.299 e. The number of ketones is 1. The molecule has 0 N–H and O–H groups in total. The number of alkyl halides is 2. The fraction of sp³-hybridized carbons (Fsp3) is 0.417. The average molecular weight is 228 g/mol. The number of benzene rings is 1. The molecule has 1 aliphatic carbocycles. The van der Waals surface area contributed by atoms with Crippen LogP contribution >= 0.6 is 0 Å². The van der Waals surface area contributed by atoms with E-state index >= 15 is 0 Å². The second-order valence-electron chi connectivity index (χ2n) is 4.24. The Labute approximate surface area is 91.3 Å². The molecule has 1 aromatic carbocycles. The first kappa shape index (κ1) is 11.2. The molecule has 0 spiro atoms. The third kappa shape index (κ3) is 2.10. The van der Waals surface area contributed by atoms with Crippen molar-refractivity contribution in [2.75, 3.05) is 0 Å². The number of hydrogen-bond acceptors (Lipinski definition) is 1. The maximum absolute atomic E-state index is 12.9. The predicted molar refractivity (Wildman–Crippen MR) is 52.9 cm³/mol. The summed E-state index contributed by atoms with van der Waals surface area (Å²) in [5.41, 5.74) is 1.01. The number of carbonyl (C=O) groups excluding carboxylic acids is 1. The Balaban J connectivity index is 2.05. The molecule has 1 atom stereocenters. The summed E-state index contributed by atoms with van der Waals surface area (Å²) in [4.78, 5) is 11.4. The van der Waals surface area contributed by atoms with Crippen LogP contribution in [0.2, 0.25) is 0 Å². The number of carbonyl (C=O) groups is 1. The third-order valence-corrected chi connectivity index (χ3v) is 2.82. The van der Waals surface area contributed by atoms with E-state index in [2.05, 4.69) is 0 Å². The van der Waals surface area contributed by atoms with Crippen molar-refractivity contribution >= 4 is 5.78 Å². The van der Waals surface area contributed by atoms with Crippen molar-refractivity contribution < 1.29 is 18.0 Å². The lowest BCUT2D eigenvalue weighted by atomic mass is 10.0. The van der Waals surface area contributed by atoms with Crippen LogP contribution in [0.1, 0.15) is 17.5 Å². The van der Waals surface area contributed by atoms with Crippen molar-refractivity contribution in [2.24, 2.45) is 5.92 Å². The van der Waals surface area contributed by atoms with Gasteiger partial charge in [-0.3, -0.25) is 4.79 Å². The van der Waals surface area contributed by atoms with E-state index in [1.165, 1.54) is 18.2 Å². The number of hydrogen-bond donors (Lipinski definition) is 0. The molecule has 1 fully saturated rings. The highest BCUT2D eigenvalue weighted by molar-refractivity contribution is 5.86. The van der Waals surface area contributed by atoms with E-state index in [4.69, 9.17) is 0 Å². The van der Waals surface area contributed by atoms with Gasteiger partial charge in [0.05, 0.1) is 5.92 Å². The zero-order valence-corrected chi connectivity index (χ0v) is 8.77. The van der Waals surface area contributed by atoms with Crippen LogP contribution < -0.4 is 0 Å². The van der Waals surface area contributed by atoms with E-state index in [-0.39, 0.29) is 18.7 Å². The summed E-state index contributed by atoms with van der Waals surface area (Å²) < 4.78 is 38.1. The highest BCUT2D eigenvalue weighted by Crippen LogP contribution is 2.49.